The number of rotatable bonds is 6. The molecule has 0 amide bonds. The Morgan fingerprint density at radius 1 is 0.317 bits per heavy atom. The lowest BCUT2D eigenvalue weighted by Crippen LogP contribution is -2.00. The molecule has 63 heavy (non-hydrogen) atoms. The van der Waals surface area contributed by atoms with Crippen LogP contribution in [0.25, 0.3) is 111 Å². The van der Waals surface area contributed by atoms with E-state index in [2.05, 4.69) is 185 Å². The largest absolute Gasteiger partial charge is 0.309 e. The Morgan fingerprint density at radius 3 is 1.43 bits per heavy atom. The smallest absolute Gasteiger partial charge is 0.164 e. The molecule has 294 valence electrons. The highest BCUT2D eigenvalue weighted by molar-refractivity contribution is 6.13. The summed E-state index contributed by atoms with van der Waals surface area (Å²) in [7, 11) is 0. The minimum absolute atomic E-state index is 0.663. The minimum Gasteiger partial charge on any atom is -0.309 e. The van der Waals surface area contributed by atoms with Crippen LogP contribution in [-0.2, 0) is 6.42 Å². The van der Waals surface area contributed by atoms with Gasteiger partial charge in [-0.15, -0.1) is 0 Å². The van der Waals surface area contributed by atoms with Crippen LogP contribution in [0.3, 0.4) is 0 Å². The van der Waals surface area contributed by atoms with Crippen LogP contribution in [0, 0.1) is 0 Å². The van der Waals surface area contributed by atoms with Crippen LogP contribution in [0.4, 0.5) is 0 Å². The Balaban J connectivity index is 0.908. The van der Waals surface area contributed by atoms with Crippen molar-refractivity contribution >= 4 is 43.6 Å². The third-order valence-corrected chi connectivity index (χ3v) is 12.8. The number of hydrogen-bond donors (Lipinski definition) is 0. The Morgan fingerprint density at radius 2 is 0.810 bits per heavy atom. The van der Waals surface area contributed by atoms with Crippen molar-refractivity contribution in [2.75, 3.05) is 0 Å². The van der Waals surface area contributed by atoms with E-state index >= 15 is 0 Å². The van der Waals surface area contributed by atoms with Crippen LogP contribution >= 0.6 is 0 Å². The third kappa shape index (κ3) is 5.67. The third-order valence-electron chi connectivity index (χ3n) is 12.8. The summed E-state index contributed by atoms with van der Waals surface area (Å²) in [6.45, 7) is 0. The number of aromatic nitrogens is 5. The van der Waals surface area contributed by atoms with Gasteiger partial charge in [0.1, 0.15) is 0 Å². The maximum Gasteiger partial charge on any atom is 0.164 e. The van der Waals surface area contributed by atoms with E-state index in [9.17, 15) is 0 Å². The van der Waals surface area contributed by atoms with E-state index in [-0.39, 0.29) is 0 Å². The van der Waals surface area contributed by atoms with Crippen molar-refractivity contribution in [2.24, 2.45) is 0 Å². The zero-order valence-electron chi connectivity index (χ0n) is 34.2. The van der Waals surface area contributed by atoms with E-state index in [0.29, 0.717) is 17.5 Å². The highest BCUT2D eigenvalue weighted by atomic mass is 15.0. The molecular formula is C58H37N5. The standard InChI is InChI=1S/C58H37N5/c1-4-15-37(16-5-1)56-59-57(38-17-6-2-7-18-38)61-58(60-56)41-27-30-44-42(33-41)36-48-45(44)23-14-26-53(48)63-52-25-13-11-22-47(52)50-35-40(29-32-55(50)63)39-28-31-54-49(34-39)46-21-10-12-24-51(46)62(54)43-19-8-3-9-20-43/h1-35H,36H2. The Hall–Kier alpha value is -8.41. The molecule has 0 radical (unpaired) electrons. The normalized spacial score (nSPS) is 12.1. The van der Waals surface area contributed by atoms with E-state index in [1.807, 2.05) is 36.4 Å². The molecule has 1 aliphatic carbocycles. The predicted molar refractivity (Wildman–Crippen MR) is 258 cm³/mol. The zero-order valence-corrected chi connectivity index (χ0v) is 34.2. The van der Waals surface area contributed by atoms with Crippen LogP contribution in [0.1, 0.15) is 11.1 Å². The summed E-state index contributed by atoms with van der Waals surface area (Å²) < 4.78 is 4.85. The fourth-order valence-corrected chi connectivity index (χ4v) is 9.91. The van der Waals surface area contributed by atoms with Crippen molar-refractivity contribution < 1.29 is 0 Å². The second-order valence-corrected chi connectivity index (χ2v) is 16.4. The summed E-state index contributed by atoms with van der Waals surface area (Å²) >= 11 is 0. The van der Waals surface area contributed by atoms with E-state index in [0.717, 1.165) is 23.1 Å². The molecule has 0 unspecified atom stereocenters. The molecule has 0 spiro atoms. The molecule has 0 saturated heterocycles. The molecule has 0 aliphatic heterocycles. The molecular weight excluding hydrogens is 767 g/mol. The number of hydrogen-bond acceptors (Lipinski definition) is 3. The van der Waals surface area contributed by atoms with E-state index in [1.165, 1.54) is 88.4 Å². The van der Waals surface area contributed by atoms with Gasteiger partial charge >= 0.3 is 0 Å². The van der Waals surface area contributed by atoms with Gasteiger partial charge in [0, 0.05) is 50.3 Å². The average Bonchev–Trinajstić information content (AvgIpc) is 4.02. The van der Waals surface area contributed by atoms with Crippen LogP contribution in [-0.4, -0.2) is 24.1 Å². The van der Waals surface area contributed by atoms with E-state index in [1.54, 1.807) is 0 Å². The monoisotopic (exact) mass is 803 g/mol. The minimum atomic E-state index is 0.663. The molecule has 3 heterocycles. The number of benzene rings is 9. The molecule has 0 atom stereocenters. The van der Waals surface area contributed by atoms with Gasteiger partial charge in [0.25, 0.3) is 0 Å². The van der Waals surface area contributed by atoms with Gasteiger partial charge in [-0.1, -0.05) is 152 Å². The maximum absolute atomic E-state index is 5.04. The lowest BCUT2D eigenvalue weighted by molar-refractivity contribution is 1.07. The molecule has 3 aromatic heterocycles. The SMILES string of the molecule is c1ccc(-c2nc(-c3ccccc3)nc(-c3ccc4c(c3)Cc3c-4cccc3-n3c4ccccc4c4cc(-c5ccc6c(c5)c5ccccc5n6-c5ccccc5)ccc43)n2)cc1. The second kappa shape index (κ2) is 14.1. The molecule has 12 aromatic rings. The number of fused-ring (bicyclic) bond motifs is 9. The van der Waals surface area contributed by atoms with Gasteiger partial charge in [-0.2, -0.15) is 0 Å². The Bertz CT molecular complexity index is 3700. The second-order valence-electron chi connectivity index (χ2n) is 16.4. The summed E-state index contributed by atoms with van der Waals surface area (Å²) in [5, 5.41) is 4.98. The van der Waals surface area contributed by atoms with Gasteiger partial charge < -0.3 is 9.13 Å². The topological polar surface area (TPSA) is 48.5 Å². The van der Waals surface area contributed by atoms with Crippen molar-refractivity contribution in [3.8, 4) is 67.8 Å². The molecule has 0 bridgehead atoms. The summed E-state index contributed by atoms with van der Waals surface area (Å²) in [6.07, 6.45) is 0.805. The van der Waals surface area contributed by atoms with Gasteiger partial charge in [0.15, 0.2) is 17.5 Å². The van der Waals surface area contributed by atoms with Crippen molar-refractivity contribution in [3.05, 3.63) is 223 Å². The summed E-state index contributed by atoms with van der Waals surface area (Å²) in [4.78, 5) is 15.0. The van der Waals surface area contributed by atoms with Crippen LogP contribution < -0.4 is 0 Å². The van der Waals surface area contributed by atoms with Crippen molar-refractivity contribution in [1.29, 1.82) is 0 Å². The van der Waals surface area contributed by atoms with Crippen molar-refractivity contribution in [1.82, 2.24) is 24.1 Å². The molecule has 5 heteroatoms. The maximum atomic E-state index is 5.04. The first kappa shape index (κ1) is 35.4. The number of nitrogens with zero attached hydrogens (tertiary/aromatic N) is 5. The molecule has 5 nitrogen and oxygen atoms in total. The predicted octanol–water partition coefficient (Wildman–Crippen LogP) is 14.3. The molecule has 9 aromatic carbocycles. The van der Waals surface area contributed by atoms with E-state index in [4.69, 9.17) is 15.0 Å². The molecule has 0 saturated carbocycles. The first-order chi connectivity index (χ1) is 31.2. The van der Waals surface area contributed by atoms with Crippen LogP contribution in [0.15, 0.2) is 212 Å². The molecule has 13 rings (SSSR count). The summed E-state index contributed by atoms with van der Waals surface area (Å²) in [5.74, 6) is 1.99. The van der Waals surface area contributed by atoms with Gasteiger partial charge in [0.05, 0.1) is 27.8 Å². The Labute approximate surface area is 363 Å². The van der Waals surface area contributed by atoms with E-state index < -0.39 is 0 Å². The lowest BCUT2D eigenvalue weighted by atomic mass is 10.0. The highest BCUT2D eigenvalue weighted by Gasteiger charge is 2.25. The first-order valence-electron chi connectivity index (χ1n) is 21.5. The first-order valence-corrected chi connectivity index (χ1v) is 21.5. The van der Waals surface area contributed by atoms with Gasteiger partial charge in [-0.05, 0) is 94.0 Å². The van der Waals surface area contributed by atoms with Crippen molar-refractivity contribution in [2.45, 2.75) is 6.42 Å². The zero-order chi connectivity index (χ0) is 41.4. The fourth-order valence-electron chi connectivity index (χ4n) is 9.91. The lowest BCUT2D eigenvalue weighted by Gasteiger charge is -2.13. The Kier molecular flexibility index (Phi) is 7.90. The van der Waals surface area contributed by atoms with Crippen LogP contribution in [0.2, 0.25) is 0 Å². The molecule has 0 fully saturated rings. The van der Waals surface area contributed by atoms with Crippen LogP contribution in [0.5, 0.6) is 0 Å². The number of para-hydroxylation sites is 3. The molecule has 1 aliphatic rings. The quantitative estimate of drug-likeness (QED) is 0.168. The average molecular weight is 804 g/mol. The van der Waals surface area contributed by atoms with Crippen molar-refractivity contribution in [3.63, 3.8) is 0 Å². The summed E-state index contributed by atoms with van der Waals surface area (Å²) in [6, 6.07) is 75.9. The van der Waals surface area contributed by atoms with Gasteiger partial charge in [-0.3, -0.25) is 0 Å². The van der Waals surface area contributed by atoms with Gasteiger partial charge in [0.2, 0.25) is 0 Å². The highest BCUT2D eigenvalue weighted by Crippen LogP contribution is 2.44. The molecule has 0 N–H and O–H groups in total. The van der Waals surface area contributed by atoms with Gasteiger partial charge in [-0.25, -0.2) is 15.0 Å². The fraction of sp³-hybridized carbons (Fsp3) is 0.0172. The summed E-state index contributed by atoms with van der Waals surface area (Å²) in [5.41, 5.74) is 17.6.